The van der Waals surface area contributed by atoms with E-state index in [1.165, 1.54) is 40.1 Å². The number of anilines is 2. The minimum atomic E-state index is -4.87. The number of unbranched alkanes of at least 4 members (excludes halogenated alkanes) is 1. The molecule has 1 aliphatic heterocycles. The highest BCUT2D eigenvalue weighted by atomic mass is 35.5. The summed E-state index contributed by atoms with van der Waals surface area (Å²) in [7, 11) is 0. The topological polar surface area (TPSA) is 127 Å². The molecule has 16 heteroatoms. The van der Waals surface area contributed by atoms with E-state index in [0.29, 0.717) is 30.0 Å². The number of carbonyl (C=O) groups excluding carboxylic acids is 3. The Balaban J connectivity index is 1.52. The number of hydrogen-bond acceptors (Lipinski definition) is 7. The van der Waals surface area contributed by atoms with Crippen LogP contribution >= 0.6 is 23.4 Å². The number of amidine groups is 1. The summed E-state index contributed by atoms with van der Waals surface area (Å²) in [5, 5.41) is 2.33. The van der Waals surface area contributed by atoms with Gasteiger partial charge in [-0.1, -0.05) is 49.4 Å². The van der Waals surface area contributed by atoms with E-state index < -0.39 is 29.9 Å². The standard InChI is InChI=1S/C38H40ClF4N5O5S/c1-5-7-8-28(47(6-2)35(50)25-11-14-29(15-12-25)53-38(41,42)43)19-31(44)26-13-16-32(30(40)18-26)45-36(51)46-37-48(34(49)22-54-37)33-17-23(3)9-10-27(33)21-52-20-24(4)39/h8-19,24H,5-7,20-22,44H2,1-4H3,(H,45,51)/b28-8+,31-19-,46-37-. The number of halogens is 5. The van der Waals surface area contributed by atoms with Crippen LogP contribution in [0.2, 0.25) is 0 Å². The van der Waals surface area contributed by atoms with Crippen LogP contribution in [0, 0.1) is 12.7 Å². The summed E-state index contributed by atoms with van der Waals surface area (Å²) in [6.07, 6.45) is -0.292. The van der Waals surface area contributed by atoms with Crippen molar-refractivity contribution in [3.05, 3.63) is 107 Å². The van der Waals surface area contributed by atoms with Gasteiger partial charge in [-0.25, -0.2) is 9.18 Å². The molecule has 1 aliphatic rings. The van der Waals surface area contributed by atoms with E-state index in [2.05, 4.69) is 15.0 Å². The molecular weight excluding hydrogens is 750 g/mol. The molecule has 1 unspecified atom stereocenters. The van der Waals surface area contributed by atoms with Crippen molar-refractivity contribution in [3.63, 3.8) is 0 Å². The van der Waals surface area contributed by atoms with E-state index in [0.717, 1.165) is 41.9 Å². The van der Waals surface area contributed by atoms with Crippen molar-refractivity contribution in [2.24, 2.45) is 10.7 Å². The predicted octanol–water partition coefficient (Wildman–Crippen LogP) is 8.99. The Labute approximate surface area is 320 Å². The molecule has 4 amide bonds. The summed E-state index contributed by atoms with van der Waals surface area (Å²) in [5.74, 6) is -2.02. The third kappa shape index (κ3) is 11.6. The average molecular weight is 790 g/mol. The number of hydrogen-bond donors (Lipinski definition) is 2. The van der Waals surface area contributed by atoms with E-state index >= 15 is 4.39 Å². The number of amides is 4. The Morgan fingerprint density at radius 3 is 2.44 bits per heavy atom. The lowest BCUT2D eigenvalue weighted by atomic mass is 10.1. The van der Waals surface area contributed by atoms with Gasteiger partial charge in [-0.05, 0) is 81.3 Å². The van der Waals surface area contributed by atoms with Gasteiger partial charge in [-0.3, -0.25) is 14.5 Å². The summed E-state index contributed by atoms with van der Waals surface area (Å²) < 4.78 is 62.8. The molecule has 3 aromatic carbocycles. The maximum Gasteiger partial charge on any atom is 0.573 e. The number of urea groups is 1. The second-order valence-electron chi connectivity index (χ2n) is 12.1. The van der Waals surface area contributed by atoms with Gasteiger partial charge in [0.05, 0.1) is 35.7 Å². The lowest BCUT2D eigenvalue weighted by molar-refractivity contribution is -0.274. The highest BCUT2D eigenvalue weighted by Gasteiger charge is 2.33. The maximum atomic E-state index is 15.4. The molecule has 0 aliphatic carbocycles. The number of thioether (sulfide) groups is 1. The summed E-state index contributed by atoms with van der Waals surface area (Å²) in [4.78, 5) is 46.3. The molecule has 1 saturated heterocycles. The first kappa shape index (κ1) is 41.9. The number of rotatable bonds is 14. The van der Waals surface area contributed by atoms with Gasteiger partial charge in [-0.15, -0.1) is 24.8 Å². The van der Waals surface area contributed by atoms with Crippen LogP contribution in [0.15, 0.2) is 83.5 Å². The number of nitrogens with one attached hydrogen (secondary N) is 1. The Kier molecular flexibility index (Phi) is 14.7. The van der Waals surface area contributed by atoms with E-state index in [1.807, 2.05) is 26.0 Å². The van der Waals surface area contributed by atoms with Crippen molar-refractivity contribution in [1.82, 2.24) is 4.90 Å². The highest BCUT2D eigenvalue weighted by Crippen LogP contribution is 2.32. The Morgan fingerprint density at radius 2 is 1.81 bits per heavy atom. The van der Waals surface area contributed by atoms with Crippen molar-refractivity contribution < 1.29 is 41.4 Å². The second-order valence-corrected chi connectivity index (χ2v) is 13.8. The summed E-state index contributed by atoms with van der Waals surface area (Å²) in [6, 6.07) is 13.0. The lowest BCUT2D eigenvalue weighted by Gasteiger charge is -2.23. The lowest BCUT2D eigenvalue weighted by Crippen LogP contribution is -2.31. The molecule has 0 aromatic heterocycles. The van der Waals surface area contributed by atoms with Crippen LogP contribution in [0.1, 0.15) is 60.7 Å². The van der Waals surface area contributed by atoms with E-state index in [-0.39, 0.29) is 57.9 Å². The monoisotopic (exact) mass is 789 g/mol. The molecule has 0 bridgehead atoms. The van der Waals surface area contributed by atoms with Gasteiger partial charge in [0.25, 0.3) is 5.91 Å². The van der Waals surface area contributed by atoms with Gasteiger partial charge in [0.1, 0.15) is 11.6 Å². The van der Waals surface area contributed by atoms with Gasteiger partial charge in [0.15, 0.2) is 5.17 Å². The van der Waals surface area contributed by atoms with Gasteiger partial charge in [0.2, 0.25) is 5.91 Å². The molecule has 3 N–H and O–H groups in total. The molecule has 0 spiro atoms. The third-order valence-electron chi connectivity index (χ3n) is 7.75. The minimum Gasteiger partial charge on any atom is -0.406 e. The van der Waals surface area contributed by atoms with Crippen molar-refractivity contribution >= 4 is 63.4 Å². The number of nitrogens with two attached hydrogens (primary N) is 1. The molecule has 1 atom stereocenters. The SMILES string of the molecule is CCC/C=C(\C=C(/N)c1ccc(NC(=O)/N=C2\SCC(=O)N2c2cc(C)ccc2COCC(C)Cl)c(F)c1)N(CC)C(=O)c1ccc(OC(F)(F)F)cc1. The van der Waals surface area contributed by atoms with Crippen LogP contribution in [-0.2, 0) is 16.1 Å². The quantitative estimate of drug-likeness (QED) is 0.0949. The minimum absolute atomic E-state index is 0.0483. The second kappa shape index (κ2) is 18.9. The first-order valence-electron chi connectivity index (χ1n) is 16.9. The molecule has 0 saturated carbocycles. The van der Waals surface area contributed by atoms with Crippen molar-refractivity contribution in [2.45, 2.75) is 58.9 Å². The van der Waals surface area contributed by atoms with Crippen molar-refractivity contribution in [2.75, 3.05) is 29.1 Å². The zero-order valence-corrected chi connectivity index (χ0v) is 31.6. The van der Waals surface area contributed by atoms with Crippen LogP contribution in [0.25, 0.3) is 5.70 Å². The molecule has 10 nitrogen and oxygen atoms in total. The number of aliphatic imine (C=N–C) groups is 1. The number of aryl methyl sites for hydroxylation is 1. The fourth-order valence-corrected chi connectivity index (χ4v) is 6.17. The normalized spacial score (nSPS) is 15.1. The fraction of sp³-hybridized carbons (Fsp3) is 0.316. The maximum absolute atomic E-state index is 15.4. The van der Waals surface area contributed by atoms with E-state index in [1.54, 1.807) is 26.0 Å². The van der Waals surface area contributed by atoms with Crippen molar-refractivity contribution in [3.8, 4) is 5.75 Å². The molecule has 1 heterocycles. The van der Waals surface area contributed by atoms with Crippen LogP contribution in [0.4, 0.5) is 33.7 Å². The third-order valence-corrected chi connectivity index (χ3v) is 8.80. The van der Waals surface area contributed by atoms with Crippen LogP contribution < -0.4 is 20.7 Å². The number of ether oxygens (including phenoxy) is 2. The van der Waals surface area contributed by atoms with Crippen LogP contribution in [0.3, 0.4) is 0 Å². The Bertz CT molecular complexity index is 1940. The first-order valence-corrected chi connectivity index (χ1v) is 18.3. The zero-order valence-electron chi connectivity index (χ0n) is 30.0. The largest absolute Gasteiger partial charge is 0.573 e. The van der Waals surface area contributed by atoms with Gasteiger partial charge < -0.3 is 25.4 Å². The summed E-state index contributed by atoms with van der Waals surface area (Å²) >= 11 is 7.08. The number of likely N-dealkylation sites (N-methyl/N-ethyl adjacent to an activating group) is 1. The smallest absolute Gasteiger partial charge is 0.406 e. The number of benzene rings is 3. The Hall–Kier alpha value is -4.86. The van der Waals surface area contributed by atoms with Gasteiger partial charge in [-0.2, -0.15) is 4.99 Å². The zero-order chi connectivity index (χ0) is 39.6. The number of allylic oxidation sites excluding steroid dienone is 2. The number of nitrogens with zero attached hydrogens (tertiary/aromatic N) is 3. The van der Waals surface area contributed by atoms with Gasteiger partial charge >= 0.3 is 12.4 Å². The van der Waals surface area contributed by atoms with E-state index in [9.17, 15) is 27.6 Å². The summed E-state index contributed by atoms with van der Waals surface area (Å²) in [5.41, 5.74) is 9.15. The number of carbonyl (C=O) groups is 3. The van der Waals surface area contributed by atoms with Crippen LogP contribution in [-0.4, -0.2) is 58.6 Å². The Morgan fingerprint density at radius 1 is 1.11 bits per heavy atom. The predicted molar refractivity (Wildman–Crippen MR) is 204 cm³/mol. The molecule has 288 valence electrons. The highest BCUT2D eigenvalue weighted by molar-refractivity contribution is 8.15. The van der Waals surface area contributed by atoms with Gasteiger partial charge in [0, 0.05) is 34.6 Å². The molecule has 0 radical (unpaired) electrons. The van der Waals surface area contributed by atoms with Crippen molar-refractivity contribution in [1.29, 1.82) is 0 Å². The first-order chi connectivity index (χ1) is 25.6. The molecule has 3 aromatic rings. The average Bonchev–Trinajstić information content (AvgIpc) is 3.46. The molecule has 4 rings (SSSR count). The molecule has 54 heavy (non-hydrogen) atoms. The molecule has 1 fully saturated rings. The molecular formula is C38H40ClF4N5O5S. The fourth-order valence-electron chi connectivity index (χ4n) is 5.22. The summed E-state index contributed by atoms with van der Waals surface area (Å²) in [6.45, 7) is 7.99. The van der Waals surface area contributed by atoms with Crippen LogP contribution in [0.5, 0.6) is 5.75 Å². The number of alkyl halides is 4. The van der Waals surface area contributed by atoms with E-state index in [4.69, 9.17) is 22.1 Å².